The fraction of sp³-hybridized carbons (Fsp3) is 0. The van der Waals surface area contributed by atoms with Gasteiger partial charge in [0.1, 0.15) is 0 Å². The zero-order valence-corrected chi connectivity index (χ0v) is 22.0. The van der Waals surface area contributed by atoms with Crippen molar-refractivity contribution >= 4 is 70.4 Å². The molecule has 3 heteroatoms. The Hall–Kier alpha value is -4.86. The quantitative estimate of drug-likeness (QED) is 0.226. The van der Waals surface area contributed by atoms with Crippen LogP contribution in [-0.4, -0.2) is 4.57 Å². The van der Waals surface area contributed by atoms with Crippen LogP contribution in [0.15, 0.2) is 146 Å². The Morgan fingerprint density at radius 2 is 1.13 bits per heavy atom. The van der Waals surface area contributed by atoms with Crippen molar-refractivity contribution in [3.05, 3.63) is 146 Å². The van der Waals surface area contributed by atoms with E-state index in [1.165, 1.54) is 53.4 Å². The maximum absolute atomic E-state index is 2.41. The number of aromatic nitrogens is 1. The van der Waals surface area contributed by atoms with Crippen LogP contribution in [0.2, 0.25) is 0 Å². The molecule has 184 valence electrons. The van der Waals surface area contributed by atoms with E-state index in [-0.39, 0.29) is 0 Å². The van der Waals surface area contributed by atoms with Crippen LogP contribution in [0.25, 0.3) is 47.7 Å². The number of anilines is 3. The second kappa shape index (κ2) is 8.87. The molecule has 0 N–H and O–H groups in total. The van der Waals surface area contributed by atoms with Crippen LogP contribution in [0, 0.1) is 0 Å². The number of fused-ring (bicyclic) bond motifs is 6. The van der Waals surface area contributed by atoms with E-state index in [4.69, 9.17) is 0 Å². The van der Waals surface area contributed by atoms with E-state index in [1.54, 1.807) is 0 Å². The second-order valence-corrected chi connectivity index (χ2v) is 10.9. The van der Waals surface area contributed by atoms with Crippen molar-refractivity contribution in [2.75, 3.05) is 4.90 Å². The Labute approximate surface area is 230 Å². The monoisotopic (exact) mass is 516 g/mol. The minimum Gasteiger partial charge on any atom is -0.309 e. The molecule has 2 heterocycles. The fourth-order valence-corrected chi connectivity index (χ4v) is 7.07. The maximum Gasteiger partial charge on any atom is 0.0640 e. The first-order valence-corrected chi connectivity index (χ1v) is 14.0. The largest absolute Gasteiger partial charge is 0.309 e. The normalized spacial score (nSPS) is 11.6. The SMILES string of the molecule is c1ccc(N(c2ccc3c4ccccc4n(-c4ccccc4)c3c2)c2cccc3c2sc2ccccc23)cc1. The zero-order valence-electron chi connectivity index (χ0n) is 21.2. The molecule has 0 amide bonds. The molecule has 2 nitrogen and oxygen atoms in total. The number of thiophene rings is 1. The minimum absolute atomic E-state index is 1.14. The Morgan fingerprint density at radius 3 is 1.97 bits per heavy atom. The van der Waals surface area contributed by atoms with E-state index >= 15 is 0 Å². The molecule has 8 rings (SSSR count). The number of rotatable bonds is 4. The molecule has 0 saturated heterocycles. The number of hydrogen-bond acceptors (Lipinski definition) is 2. The van der Waals surface area contributed by atoms with Crippen LogP contribution < -0.4 is 4.90 Å². The first kappa shape index (κ1) is 22.2. The van der Waals surface area contributed by atoms with Gasteiger partial charge in [0.25, 0.3) is 0 Å². The van der Waals surface area contributed by atoms with Gasteiger partial charge in [0.05, 0.1) is 21.4 Å². The van der Waals surface area contributed by atoms with Crippen molar-refractivity contribution in [3.63, 3.8) is 0 Å². The van der Waals surface area contributed by atoms with Crippen LogP contribution in [0.5, 0.6) is 0 Å². The Kier molecular flexibility index (Phi) is 5.04. The highest BCUT2D eigenvalue weighted by atomic mass is 32.1. The van der Waals surface area contributed by atoms with Gasteiger partial charge in [-0.2, -0.15) is 0 Å². The molecule has 8 aromatic rings. The highest BCUT2D eigenvalue weighted by Crippen LogP contribution is 2.45. The van der Waals surface area contributed by atoms with E-state index in [1.807, 2.05) is 11.3 Å². The summed E-state index contributed by atoms with van der Waals surface area (Å²) >= 11 is 1.87. The van der Waals surface area contributed by atoms with Crippen LogP contribution >= 0.6 is 11.3 Å². The summed E-state index contributed by atoms with van der Waals surface area (Å²) in [5, 5.41) is 5.13. The summed E-state index contributed by atoms with van der Waals surface area (Å²) in [5.41, 5.74) is 7.06. The maximum atomic E-state index is 2.41. The average molecular weight is 517 g/mol. The predicted molar refractivity (Wildman–Crippen MR) is 168 cm³/mol. The molecule has 2 aromatic heterocycles. The Bertz CT molecular complexity index is 2120. The summed E-state index contributed by atoms with van der Waals surface area (Å²) in [6.45, 7) is 0. The molecule has 0 aliphatic carbocycles. The molecule has 6 aromatic carbocycles. The summed E-state index contributed by atoms with van der Waals surface area (Å²) in [4.78, 5) is 2.41. The van der Waals surface area contributed by atoms with Crippen LogP contribution in [0.3, 0.4) is 0 Å². The molecular weight excluding hydrogens is 492 g/mol. The highest BCUT2D eigenvalue weighted by molar-refractivity contribution is 7.26. The molecule has 0 spiro atoms. The van der Waals surface area contributed by atoms with E-state index in [2.05, 4.69) is 155 Å². The Morgan fingerprint density at radius 1 is 0.462 bits per heavy atom. The van der Waals surface area contributed by atoms with Crippen LogP contribution in [0.4, 0.5) is 17.1 Å². The van der Waals surface area contributed by atoms with Gasteiger partial charge in [-0.15, -0.1) is 11.3 Å². The molecule has 0 atom stereocenters. The molecular formula is C36H24N2S. The summed E-state index contributed by atoms with van der Waals surface area (Å²) in [6.07, 6.45) is 0. The minimum atomic E-state index is 1.14. The van der Waals surface area contributed by atoms with Crippen molar-refractivity contribution in [1.29, 1.82) is 0 Å². The van der Waals surface area contributed by atoms with Crippen LogP contribution in [-0.2, 0) is 0 Å². The smallest absolute Gasteiger partial charge is 0.0640 e. The highest BCUT2D eigenvalue weighted by Gasteiger charge is 2.20. The molecule has 39 heavy (non-hydrogen) atoms. The van der Waals surface area contributed by atoms with Gasteiger partial charge in [-0.05, 0) is 54.6 Å². The van der Waals surface area contributed by atoms with Crippen molar-refractivity contribution in [1.82, 2.24) is 4.57 Å². The topological polar surface area (TPSA) is 8.17 Å². The van der Waals surface area contributed by atoms with Gasteiger partial charge in [0, 0.05) is 43.3 Å². The molecule has 0 fully saturated rings. The Balaban J connectivity index is 1.44. The number of hydrogen-bond donors (Lipinski definition) is 0. The first-order valence-electron chi connectivity index (χ1n) is 13.2. The van der Waals surface area contributed by atoms with Gasteiger partial charge >= 0.3 is 0 Å². The molecule has 0 aliphatic heterocycles. The van der Waals surface area contributed by atoms with Gasteiger partial charge < -0.3 is 9.47 Å². The van der Waals surface area contributed by atoms with Gasteiger partial charge in [0.2, 0.25) is 0 Å². The van der Waals surface area contributed by atoms with Crippen molar-refractivity contribution in [2.24, 2.45) is 0 Å². The fourth-order valence-electron chi connectivity index (χ4n) is 5.87. The predicted octanol–water partition coefficient (Wildman–Crippen LogP) is 10.6. The lowest BCUT2D eigenvalue weighted by molar-refractivity contribution is 1.18. The summed E-state index contributed by atoms with van der Waals surface area (Å²) in [6, 6.07) is 52.4. The third kappa shape index (κ3) is 3.48. The first-order chi connectivity index (χ1) is 19.4. The van der Waals surface area contributed by atoms with Gasteiger partial charge in [0.15, 0.2) is 0 Å². The van der Waals surface area contributed by atoms with Crippen molar-refractivity contribution in [3.8, 4) is 5.69 Å². The molecule has 0 unspecified atom stereocenters. The van der Waals surface area contributed by atoms with Gasteiger partial charge in [-0.1, -0.05) is 91.0 Å². The molecule has 0 radical (unpaired) electrons. The number of nitrogens with zero attached hydrogens (tertiary/aromatic N) is 2. The van der Waals surface area contributed by atoms with E-state index in [0.717, 1.165) is 11.4 Å². The average Bonchev–Trinajstić information content (AvgIpc) is 3.54. The van der Waals surface area contributed by atoms with Gasteiger partial charge in [-0.3, -0.25) is 0 Å². The van der Waals surface area contributed by atoms with E-state index < -0.39 is 0 Å². The van der Waals surface area contributed by atoms with Crippen molar-refractivity contribution in [2.45, 2.75) is 0 Å². The third-order valence-corrected chi connectivity index (χ3v) is 8.78. The zero-order chi connectivity index (χ0) is 25.8. The summed E-state index contributed by atoms with van der Waals surface area (Å²) in [5.74, 6) is 0. The number of para-hydroxylation sites is 3. The van der Waals surface area contributed by atoms with Crippen molar-refractivity contribution < 1.29 is 0 Å². The number of benzene rings is 6. The molecule has 0 saturated carbocycles. The standard InChI is InChI=1S/C36H24N2S/c1-3-12-25(13-4-1)37(33-20-11-18-31-30-17-8-10-21-35(30)39-36(31)33)27-22-23-29-28-16-7-9-19-32(28)38(34(29)24-27)26-14-5-2-6-15-26/h1-24H. The lowest BCUT2D eigenvalue weighted by Crippen LogP contribution is -2.10. The molecule has 0 aliphatic rings. The molecule has 0 bridgehead atoms. The van der Waals surface area contributed by atoms with E-state index in [9.17, 15) is 0 Å². The van der Waals surface area contributed by atoms with E-state index in [0.29, 0.717) is 0 Å². The lowest BCUT2D eigenvalue weighted by Gasteiger charge is -2.26. The third-order valence-electron chi connectivity index (χ3n) is 7.57. The summed E-state index contributed by atoms with van der Waals surface area (Å²) in [7, 11) is 0. The lowest BCUT2D eigenvalue weighted by atomic mass is 10.1. The summed E-state index contributed by atoms with van der Waals surface area (Å²) < 4.78 is 5.00. The van der Waals surface area contributed by atoms with Gasteiger partial charge in [-0.25, -0.2) is 0 Å². The second-order valence-electron chi connectivity index (χ2n) is 9.81. The van der Waals surface area contributed by atoms with Crippen LogP contribution in [0.1, 0.15) is 0 Å².